The first-order chi connectivity index (χ1) is 18.4. The highest BCUT2D eigenvalue weighted by Gasteiger charge is 2.36. The molecular formula is C30H28Cl2N4O2. The maximum absolute atomic E-state index is 13.7. The number of rotatable bonds is 6. The molecule has 5 rings (SSSR count). The Balaban J connectivity index is 1.50. The minimum Gasteiger partial charge on any atom is -0.359 e. The summed E-state index contributed by atoms with van der Waals surface area (Å²) in [5.41, 5.74) is 2.68. The van der Waals surface area contributed by atoms with Gasteiger partial charge in [-0.2, -0.15) is 0 Å². The van der Waals surface area contributed by atoms with E-state index < -0.39 is 0 Å². The molecule has 0 aliphatic carbocycles. The van der Waals surface area contributed by atoms with Gasteiger partial charge in [0, 0.05) is 67.0 Å². The van der Waals surface area contributed by atoms with Crippen LogP contribution < -0.4 is 5.32 Å². The van der Waals surface area contributed by atoms with Gasteiger partial charge in [0.2, 0.25) is 5.91 Å². The SMILES string of the molecule is CNC(=O)CC1CN(C(=O)c2cncc3ccccc23)CCN1C(c1ccc(Cl)cc1)c1ccc(Cl)cc1. The van der Waals surface area contributed by atoms with Crippen LogP contribution in [0.5, 0.6) is 0 Å². The highest BCUT2D eigenvalue weighted by atomic mass is 35.5. The van der Waals surface area contributed by atoms with Gasteiger partial charge in [-0.05, 0) is 40.8 Å². The Morgan fingerprint density at radius 3 is 2.18 bits per heavy atom. The van der Waals surface area contributed by atoms with Gasteiger partial charge in [-0.1, -0.05) is 71.7 Å². The van der Waals surface area contributed by atoms with Crippen molar-refractivity contribution < 1.29 is 9.59 Å². The van der Waals surface area contributed by atoms with Crippen LogP contribution >= 0.6 is 23.2 Å². The maximum Gasteiger partial charge on any atom is 0.256 e. The van der Waals surface area contributed by atoms with Gasteiger partial charge in [0.15, 0.2) is 0 Å². The number of carbonyl (C=O) groups is 2. The van der Waals surface area contributed by atoms with Crippen LogP contribution in [0, 0.1) is 0 Å². The van der Waals surface area contributed by atoms with E-state index in [1.807, 2.05) is 77.7 Å². The summed E-state index contributed by atoms with van der Waals surface area (Å²) < 4.78 is 0. The fourth-order valence-corrected chi connectivity index (χ4v) is 5.47. The Morgan fingerprint density at radius 1 is 0.921 bits per heavy atom. The van der Waals surface area contributed by atoms with Crippen molar-refractivity contribution in [1.82, 2.24) is 20.1 Å². The van der Waals surface area contributed by atoms with Crippen molar-refractivity contribution in [3.8, 4) is 0 Å². The highest BCUT2D eigenvalue weighted by molar-refractivity contribution is 6.30. The Hall–Kier alpha value is -3.45. The summed E-state index contributed by atoms with van der Waals surface area (Å²) in [4.78, 5) is 34.8. The van der Waals surface area contributed by atoms with Crippen molar-refractivity contribution >= 4 is 45.8 Å². The van der Waals surface area contributed by atoms with Crippen LogP contribution in [-0.2, 0) is 4.79 Å². The molecule has 0 saturated carbocycles. The number of hydrogen-bond acceptors (Lipinski definition) is 4. The lowest BCUT2D eigenvalue weighted by Gasteiger charge is -2.45. The molecular weight excluding hydrogens is 519 g/mol. The van der Waals surface area contributed by atoms with Gasteiger partial charge in [0.1, 0.15) is 0 Å². The molecule has 38 heavy (non-hydrogen) atoms. The number of nitrogens with zero attached hydrogens (tertiary/aromatic N) is 3. The van der Waals surface area contributed by atoms with Crippen LogP contribution in [0.15, 0.2) is 85.2 Å². The lowest BCUT2D eigenvalue weighted by molar-refractivity contribution is -0.122. The van der Waals surface area contributed by atoms with Crippen LogP contribution in [0.3, 0.4) is 0 Å². The van der Waals surface area contributed by atoms with Crippen molar-refractivity contribution in [2.45, 2.75) is 18.5 Å². The van der Waals surface area contributed by atoms with Gasteiger partial charge in [-0.3, -0.25) is 19.5 Å². The minimum atomic E-state index is -0.216. The Labute approximate surface area is 232 Å². The highest BCUT2D eigenvalue weighted by Crippen LogP contribution is 2.34. The molecule has 1 aliphatic heterocycles. The number of piperazine rings is 1. The average molecular weight is 547 g/mol. The van der Waals surface area contributed by atoms with Gasteiger partial charge in [0.25, 0.3) is 5.91 Å². The second kappa shape index (κ2) is 11.5. The number of pyridine rings is 1. The number of hydrogen-bond donors (Lipinski definition) is 1. The third kappa shape index (κ3) is 5.53. The van der Waals surface area contributed by atoms with E-state index in [1.54, 1.807) is 19.4 Å². The van der Waals surface area contributed by atoms with E-state index in [9.17, 15) is 9.59 Å². The van der Waals surface area contributed by atoms with Crippen LogP contribution in [0.1, 0.15) is 33.9 Å². The van der Waals surface area contributed by atoms with Crippen LogP contribution in [0.2, 0.25) is 10.0 Å². The number of benzene rings is 3. The summed E-state index contributed by atoms with van der Waals surface area (Å²) in [6.45, 7) is 1.51. The molecule has 8 heteroatoms. The standard InChI is InChI=1S/C30H28Cl2N4O2/c1-33-28(37)16-25-19-35(30(38)27-18-34-17-22-4-2-3-5-26(22)27)14-15-36(25)29(20-6-10-23(31)11-7-20)21-8-12-24(32)13-9-21/h2-13,17-18,25,29H,14-16,19H2,1H3,(H,33,37). The number of nitrogens with one attached hydrogen (secondary N) is 1. The molecule has 3 aromatic carbocycles. The normalized spacial score (nSPS) is 16.1. The van der Waals surface area contributed by atoms with Crippen molar-refractivity contribution in [3.05, 3.63) is 112 Å². The van der Waals surface area contributed by atoms with E-state index in [0.717, 1.165) is 21.9 Å². The molecule has 0 bridgehead atoms. The Bertz CT molecular complexity index is 1390. The Kier molecular flexibility index (Phi) is 7.93. The predicted molar refractivity (Wildman–Crippen MR) is 152 cm³/mol. The smallest absolute Gasteiger partial charge is 0.256 e. The summed E-state index contributed by atoms with van der Waals surface area (Å²) in [6.07, 6.45) is 3.65. The van der Waals surface area contributed by atoms with E-state index >= 15 is 0 Å². The van der Waals surface area contributed by atoms with E-state index in [0.29, 0.717) is 35.2 Å². The first-order valence-corrected chi connectivity index (χ1v) is 13.3. The number of halogens is 2. The first-order valence-electron chi connectivity index (χ1n) is 12.5. The maximum atomic E-state index is 13.7. The molecule has 194 valence electrons. The Morgan fingerprint density at radius 2 is 1.55 bits per heavy atom. The zero-order valence-electron chi connectivity index (χ0n) is 21.0. The lowest BCUT2D eigenvalue weighted by Crippen LogP contribution is -2.56. The second-order valence-corrected chi connectivity index (χ2v) is 10.3. The number of fused-ring (bicyclic) bond motifs is 1. The van der Waals surface area contributed by atoms with Gasteiger partial charge < -0.3 is 10.2 Å². The fraction of sp³-hybridized carbons (Fsp3) is 0.233. The monoisotopic (exact) mass is 546 g/mol. The molecule has 2 heterocycles. The molecule has 1 aliphatic rings. The van der Waals surface area contributed by atoms with Crippen LogP contribution in [-0.4, -0.2) is 59.3 Å². The zero-order chi connectivity index (χ0) is 26.6. The lowest BCUT2D eigenvalue weighted by atomic mass is 9.93. The summed E-state index contributed by atoms with van der Waals surface area (Å²) in [5.74, 6) is -0.155. The molecule has 1 unspecified atom stereocenters. The summed E-state index contributed by atoms with van der Waals surface area (Å²) in [7, 11) is 1.63. The average Bonchev–Trinajstić information content (AvgIpc) is 2.95. The molecule has 1 fully saturated rings. The van der Waals surface area contributed by atoms with E-state index in [2.05, 4.69) is 15.2 Å². The first kappa shape index (κ1) is 26.2. The summed E-state index contributed by atoms with van der Waals surface area (Å²) in [5, 5.41) is 5.86. The second-order valence-electron chi connectivity index (χ2n) is 9.43. The number of amides is 2. The number of carbonyl (C=O) groups excluding carboxylic acids is 2. The van der Waals surface area contributed by atoms with E-state index in [1.165, 1.54) is 0 Å². The van der Waals surface area contributed by atoms with Gasteiger partial charge in [-0.15, -0.1) is 0 Å². The largest absolute Gasteiger partial charge is 0.359 e. The molecule has 4 aromatic rings. The third-order valence-corrected chi connectivity index (χ3v) is 7.62. The molecule has 1 saturated heterocycles. The van der Waals surface area contributed by atoms with Crippen LogP contribution in [0.25, 0.3) is 10.8 Å². The van der Waals surface area contributed by atoms with Gasteiger partial charge in [0.05, 0.1) is 11.6 Å². The molecule has 6 nitrogen and oxygen atoms in total. The predicted octanol–water partition coefficient (Wildman–Crippen LogP) is 5.59. The topological polar surface area (TPSA) is 65.5 Å². The van der Waals surface area contributed by atoms with Gasteiger partial charge >= 0.3 is 0 Å². The molecule has 0 radical (unpaired) electrons. The van der Waals surface area contributed by atoms with Crippen molar-refractivity contribution in [3.63, 3.8) is 0 Å². The molecule has 1 aromatic heterocycles. The zero-order valence-corrected chi connectivity index (χ0v) is 22.5. The van der Waals surface area contributed by atoms with Crippen molar-refractivity contribution in [2.75, 3.05) is 26.7 Å². The third-order valence-electron chi connectivity index (χ3n) is 7.12. The number of aromatic nitrogens is 1. The van der Waals surface area contributed by atoms with Gasteiger partial charge in [-0.25, -0.2) is 0 Å². The fourth-order valence-electron chi connectivity index (χ4n) is 5.21. The van der Waals surface area contributed by atoms with Crippen molar-refractivity contribution in [1.29, 1.82) is 0 Å². The van der Waals surface area contributed by atoms with Crippen LogP contribution in [0.4, 0.5) is 0 Å². The van der Waals surface area contributed by atoms with E-state index in [-0.39, 0.29) is 30.3 Å². The van der Waals surface area contributed by atoms with Crippen molar-refractivity contribution in [2.24, 2.45) is 0 Å². The quantitative estimate of drug-likeness (QED) is 0.342. The molecule has 2 amide bonds. The van der Waals surface area contributed by atoms with E-state index in [4.69, 9.17) is 23.2 Å². The summed E-state index contributed by atoms with van der Waals surface area (Å²) >= 11 is 12.4. The molecule has 1 atom stereocenters. The molecule has 1 N–H and O–H groups in total. The molecule has 0 spiro atoms. The minimum absolute atomic E-state index is 0.0768. The summed E-state index contributed by atoms with van der Waals surface area (Å²) in [6, 6.07) is 22.9.